The second-order valence-corrected chi connectivity index (χ2v) is 7.12. The summed E-state index contributed by atoms with van der Waals surface area (Å²) < 4.78 is 17.9. The highest BCUT2D eigenvalue weighted by molar-refractivity contribution is 6.07. The minimum Gasteiger partial charge on any atom is -0.484 e. The zero-order valence-corrected chi connectivity index (χ0v) is 15.8. The van der Waals surface area contributed by atoms with Crippen LogP contribution in [0.2, 0.25) is 0 Å². The number of nitrogens with one attached hydrogen (secondary N) is 3. The molecule has 0 bridgehead atoms. The number of benzene rings is 1. The van der Waals surface area contributed by atoms with E-state index >= 15 is 0 Å². The molecule has 1 aromatic carbocycles. The van der Waals surface area contributed by atoms with Gasteiger partial charge in [-0.15, -0.1) is 0 Å². The minimum atomic E-state index is -0.752. The topological polar surface area (TPSA) is 117 Å². The molecule has 10 heteroatoms. The van der Waals surface area contributed by atoms with Crippen LogP contribution in [0.1, 0.15) is 38.5 Å². The van der Waals surface area contributed by atoms with Crippen LogP contribution in [0.4, 0.5) is 9.18 Å². The summed E-state index contributed by atoms with van der Waals surface area (Å²) in [6, 6.07) is 4.76. The lowest BCUT2D eigenvalue weighted by atomic mass is 9.98. The van der Waals surface area contributed by atoms with Gasteiger partial charge in [-0.05, 0) is 43.5 Å². The first-order valence-corrected chi connectivity index (χ1v) is 9.50. The molecule has 9 nitrogen and oxygen atoms in total. The summed E-state index contributed by atoms with van der Waals surface area (Å²) in [5, 5.41) is 2.78. The van der Waals surface area contributed by atoms with Crippen LogP contribution in [0.15, 0.2) is 24.3 Å². The van der Waals surface area contributed by atoms with Gasteiger partial charge in [0.15, 0.2) is 6.61 Å². The number of ether oxygens (including phenoxy) is 1. The summed E-state index contributed by atoms with van der Waals surface area (Å²) >= 11 is 0. The Morgan fingerprint density at radius 3 is 2.45 bits per heavy atom. The lowest BCUT2D eigenvalue weighted by molar-refractivity contribution is -0.131. The molecule has 156 valence electrons. The van der Waals surface area contributed by atoms with Gasteiger partial charge in [-0.3, -0.25) is 30.1 Å². The SMILES string of the molecule is O=C(CCCN1C(=O)NC2(CCCC2)C1=O)NNC(=O)COc1ccc(F)cc1. The van der Waals surface area contributed by atoms with Crippen molar-refractivity contribution in [3.8, 4) is 5.75 Å². The first-order chi connectivity index (χ1) is 13.9. The molecule has 0 radical (unpaired) electrons. The molecule has 29 heavy (non-hydrogen) atoms. The summed E-state index contributed by atoms with van der Waals surface area (Å²) in [6.45, 7) is -0.210. The zero-order chi connectivity index (χ0) is 20.9. The third-order valence-corrected chi connectivity index (χ3v) is 5.01. The fourth-order valence-corrected chi connectivity index (χ4v) is 3.51. The second-order valence-electron chi connectivity index (χ2n) is 7.12. The number of nitrogens with zero attached hydrogens (tertiary/aromatic N) is 1. The first kappa shape index (κ1) is 20.6. The molecule has 3 rings (SSSR count). The first-order valence-electron chi connectivity index (χ1n) is 9.50. The van der Waals surface area contributed by atoms with Gasteiger partial charge in [-0.25, -0.2) is 9.18 Å². The summed E-state index contributed by atoms with van der Waals surface area (Å²) in [6.07, 6.45) is 3.44. The van der Waals surface area contributed by atoms with E-state index in [1.54, 1.807) is 0 Å². The predicted octanol–water partition coefficient (Wildman–Crippen LogP) is 0.997. The lowest BCUT2D eigenvalue weighted by Crippen LogP contribution is -2.44. The maximum absolute atomic E-state index is 12.8. The zero-order valence-electron chi connectivity index (χ0n) is 15.8. The number of rotatable bonds is 7. The van der Waals surface area contributed by atoms with Gasteiger partial charge in [0, 0.05) is 13.0 Å². The Morgan fingerprint density at radius 2 is 1.76 bits per heavy atom. The minimum absolute atomic E-state index is 0.0309. The van der Waals surface area contributed by atoms with Gasteiger partial charge in [0.05, 0.1) is 0 Å². The smallest absolute Gasteiger partial charge is 0.325 e. The van der Waals surface area contributed by atoms with Crippen LogP contribution in [-0.4, -0.2) is 47.3 Å². The van der Waals surface area contributed by atoms with Gasteiger partial charge in [0.1, 0.15) is 17.1 Å². The summed E-state index contributed by atoms with van der Waals surface area (Å²) in [5.41, 5.74) is 3.69. The number of hydrogen-bond acceptors (Lipinski definition) is 5. The van der Waals surface area contributed by atoms with Crippen molar-refractivity contribution in [1.29, 1.82) is 0 Å². The molecule has 0 atom stereocenters. The molecule has 0 unspecified atom stereocenters. The van der Waals surface area contributed by atoms with E-state index < -0.39 is 29.2 Å². The van der Waals surface area contributed by atoms with E-state index in [4.69, 9.17) is 4.74 Å². The molecule has 1 saturated carbocycles. The third kappa shape index (κ3) is 5.01. The van der Waals surface area contributed by atoms with E-state index in [0.717, 1.165) is 17.7 Å². The van der Waals surface area contributed by atoms with E-state index in [0.29, 0.717) is 18.6 Å². The van der Waals surface area contributed by atoms with Crippen LogP contribution in [0.25, 0.3) is 0 Å². The van der Waals surface area contributed by atoms with Gasteiger partial charge in [0.25, 0.3) is 11.8 Å². The Hall–Kier alpha value is -3.17. The number of halogens is 1. The molecular weight excluding hydrogens is 383 g/mol. The standard InChI is InChI=1S/C19H23FN4O5/c20-13-5-7-14(8-6-13)29-12-16(26)23-22-15(25)4-3-11-24-17(27)19(21-18(24)28)9-1-2-10-19/h5-8H,1-4,9-12H2,(H,21,28)(H,22,25)(H,23,26). The fourth-order valence-electron chi connectivity index (χ4n) is 3.51. The van der Waals surface area contributed by atoms with Crippen LogP contribution < -0.4 is 20.9 Å². The molecule has 1 saturated heterocycles. The molecule has 5 amide bonds. The predicted molar refractivity (Wildman–Crippen MR) is 98.9 cm³/mol. The summed E-state index contributed by atoms with van der Waals surface area (Å²) in [7, 11) is 0. The molecular formula is C19H23FN4O5. The number of urea groups is 1. The number of hydrogen-bond donors (Lipinski definition) is 3. The third-order valence-electron chi connectivity index (χ3n) is 5.01. The molecule has 3 N–H and O–H groups in total. The number of imide groups is 1. The van der Waals surface area contributed by atoms with Crippen molar-refractivity contribution >= 4 is 23.8 Å². The van der Waals surface area contributed by atoms with Crippen molar-refractivity contribution in [2.45, 2.75) is 44.1 Å². The fraction of sp³-hybridized carbons (Fsp3) is 0.474. The van der Waals surface area contributed by atoms with E-state index in [9.17, 15) is 23.6 Å². The average Bonchev–Trinajstić information content (AvgIpc) is 3.26. The van der Waals surface area contributed by atoms with E-state index in [2.05, 4.69) is 16.2 Å². The Morgan fingerprint density at radius 1 is 1.10 bits per heavy atom. The Kier molecular flexibility index (Phi) is 6.30. The molecule has 1 aliphatic carbocycles. The van der Waals surface area contributed by atoms with Gasteiger partial charge in [0.2, 0.25) is 5.91 Å². The van der Waals surface area contributed by atoms with Gasteiger partial charge < -0.3 is 10.1 Å². The van der Waals surface area contributed by atoms with Crippen LogP contribution in [0.3, 0.4) is 0 Å². The molecule has 1 spiro atoms. The largest absolute Gasteiger partial charge is 0.484 e. The highest BCUT2D eigenvalue weighted by Gasteiger charge is 2.51. The summed E-state index contributed by atoms with van der Waals surface area (Å²) in [5.74, 6) is -1.35. The van der Waals surface area contributed by atoms with Crippen molar-refractivity contribution in [2.24, 2.45) is 0 Å². The van der Waals surface area contributed by atoms with Crippen LogP contribution in [0, 0.1) is 5.82 Å². The average molecular weight is 406 g/mol. The number of hydrazine groups is 1. The van der Waals surface area contributed by atoms with Gasteiger partial charge in [-0.2, -0.15) is 0 Å². The van der Waals surface area contributed by atoms with Crippen LogP contribution in [-0.2, 0) is 14.4 Å². The van der Waals surface area contributed by atoms with Crippen molar-refractivity contribution in [3.63, 3.8) is 0 Å². The maximum atomic E-state index is 12.8. The number of carbonyl (C=O) groups excluding carboxylic acids is 4. The number of carbonyl (C=O) groups is 4. The Labute approximate surface area is 166 Å². The molecule has 1 aromatic rings. The normalized spacial score (nSPS) is 17.3. The van der Waals surface area contributed by atoms with Crippen molar-refractivity contribution in [3.05, 3.63) is 30.1 Å². The van der Waals surface area contributed by atoms with E-state index in [-0.39, 0.29) is 31.9 Å². The van der Waals surface area contributed by atoms with Crippen molar-refractivity contribution in [2.75, 3.05) is 13.2 Å². The molecule has 2 aliphatic rings. The number of amides is 5. The highest BCUT2D eigenvalue weighted by atomic mass is 19.1. The highest BCUT2D eigenvalue weighted by Crippen LogP contribution is 2.35. The maximum Gasteiger partial charge on any atom is 0.325 e. The molecule has 1 aliphatic heterocycles. The second kappa shape index (κ2) is 8.89. The Bertz CT molecular complexity index is 792. The van der Waals surface area contributed by atoms with E-state index in [1.807, 2.05) is 0 Å². The molecule has 2 fully saturated rings. The molecule has 0 aromatic heterocycles. The monoisotopic (exact) mass is 406 g/mol. The van der Waals surface area contributed by atoms with E-state index in [1.165, 1.54) is 24.3 Å². The van der Waals surface area contributed by atoms with Crippen LogP contribution >= 0.6 is 0 Å². The Balaban J connectivity index is 1.33. The quantitative estimate of drug-likeness (QED) is 0.461. The van der Waals surface area contributed by atoms with Crippen LogP contribution in [0.5, 0.6) is 5.75 Å². The van der Waals surface area contributed by atoms with Gasteiger partial charge in [-0.1, -0.05) is 12.8 Å². The van der Waals surface area contributed by atoms with Crippen molar-refractivity contribution in [1.82, 2.24) is 21.1 Å². The molecule has 1 heterocycles. The lowest BCUT2D eigenvalue weighted by Gasteiger charge is -2.19. The van der Waals surface area contributed by atoms with Crippen molar-refractivity contribution < 1.29 is 28.3 Å². The van der Waals surface area contributed by atoms with Gasteiger partial charge >= 0.3 is 6.03 Å². The summed E-state index contributed by atoms with van der Waals surface area (Å²) in [4.78, 5) is 49.2.